The zero-order valence-electron chi connectivity index (χ0n) is 23.3. The van der Waals surface area contributed by atoms with E-state index in [9.17, 15) is 10.2 Å². The summed E-state index contributed by atoms with van der Waals surface area (Å²) >= 11 is 0. The average Bonchev–Trinajstić information content (AvgIpc) is 3.49. The first kappa shape index (κ1) is 28.2. The highest BCUT2D eigenvalue weighted by Gasteiger charge is 2.46. The molecule has 0 radical (unpaired) electrons. The molecule has 216 valence electrons. The van der Waals surface area contributed by atoms with Gasteiger partial charge in [0.2, 0.25) is 5.88 Å². The molecule has 0 saturated carbocycles. The number of hydrogen-bond donors (Lipinski definition) is 3. The number of ether oxygens (including phenoxy) is 2. The second-order valence-corrected chi connectivity index (χ2v) is 11.1. The molecule has 0 amide bonds. The van der Waals surface area contributed by atoms with E-state index in [2.05, 4.69) is 31.6 Å². The van der Waals surface area contributed by atoms with Gasteiger partial charge in [-0.2, -0.15) is 0 Å². The Morgan fingerprint density at radius 2 is 1.95 bits per heavy atom. The second-order valence-electron chi connectivity index (χ2n) is 11.1. The highest BCUT2D eigenvalue weighted by Crippen LogP contribution is 2.38. The third kappa shape index (κ3) is 6.22. The quantitative estimate of drug-likeness (QED) is 0.386. The van der Waals surface area contributed by atoms with Gasteiger partial charge in [-0.15, -0.1) is 0 Å². The molecule has 0 aliphatic carbocycles. The molecule has 3 aliphatic rings. The van der Waals surface area contributed by atoms with Gasteiger partial charge >= 0.3 is 0 Å². The normalized spacial score (nSPS) is 28.8. The van der Waals surface area contributed by atoms with Gasteiger partial charge in [-0.05, 0) is 39.4 Å². The number of aliphatic hydroxyl groups excluding tert-OH is 2. The molecule has 0 spiro atoms. The summed E-state index contributed by atoms with van der Waals surface area (Å²) in [6, 6.07) is 5.74. The van der Waals surface area contributed by atoms with Gasteiger partial charge in [0.15, 0.2) is 6.23 Å². The number of imidazole rings is 1. The van der Waals surface area contributed by atoms with Crippen LogP contribution in [0.3, 0.4) is 0 Å². The lowest BCUT2D eigenvalue weighted by molar-refractivity contribution is -0.0442. The van der Waals surface area contributed by atoms with Crippen LogP contribution in [0.5, 0.6) is 5.88 Å². The fourth-order valence-electron chi connectivity index (χ4n) is 5.83. The van der Waals surface area contributed by atoms with Gasteiger partial charge in [-0.3, -0.25) is 9.47 Å². The molecular formula is C27H44N8O4. The first-order valence-corrected chi connectivity index (χ1v) is 14.1. The van der Waals surface area contributed by atoms with Gasteiger partial charge in [0.05, 0.1) is 13.0 Å². The smallest absolute Gasteiger partial charge is 0.213 e. The maximum absolute atomic E-state index is 11.0. The molecule has 3 aliphatic heterocycles. The lowest BCUT2D eigenvalue weighted by Crippen LogP contribution is -2.47. The van der Waals surface area contributed by atoms with E-state index in [1.54, 1.807) is 12.5 Å². The van der Waals surface area contributed by atoms with Crippen molar-refractivity contribution in [3.8, 4) is 5.88 Å². The summed E-state index contributed by atoms with van der Waals surface area (Å²) in [6.07, 6.45) is 2.95. The number of likely N-dealkylation sites (N-methyl/N-ethyl adjacent to an activating group) is 1. The minimum absolute atomic E-state index is 0.200. The Hall–Kier alpha value is -2.32. The molecule has 4 N–H and O–H groups in total. The highest BCUT2D eigenvalue weighted by molar-refractivity contribution is 5.49. The number of rotatable bonds is 10. The summed E-state index contributed by atoms with van der Waals surface area (Å²) in [6.45, 7) is 7.87. The van der Waals surface area contributed by atoms with E-state index < -0.39 is 24.5 Å². The van der Waals surface area contributed by atoms with E-state index in [4.69, 9.17) is 15.2 Å². The second kappa shape index (κ2) is 12.5. The van der Waals surface area contributed by atoms with Crippen molar-refractivity contribution < 1.29 is 19.7 Å². The van der Waals surface area contributed by atoms with Crippen molar-refractivity contribution in [1.29, 1.82) is 0 Å². The number of fused-ring (bicyclic) bond motifs is 1. The molecule has 5 heterocycles. The van der Waals surface area contributed by atoms with Gasteiger partial charge < -0.3 is 40.1 Å². The molecule has 0 aromatic carbocycles. The van der Waals surface area contributed by atoms with Crippen molar-refractivity contribution >= 4 is 5.82 Å². The third-order valence-corrected chi connectivity index (χ3v) is 8.10. The van der Waals surface area contributed by atoms with Crippen LogP contribution >= 0.6 is 0 Å². The number of piperidine rings is 1. The van der Waals surface area contributed by atoms with Gasteiger partial charge in [0.1, 0.15) is 42.1 Å². The fraction of sp³-hybridized carbons (Fsp3) is 0.704. The number of nitrogens with zero attached hydrogens (tertiary/aromatic N) is 7. The minimum atomic E-state index is -1.06. The van der Waals surface area contributed by atoms with E-state index in [1.165, 1.54) is 0 Å². The minimum Gasteiger partial charge on any atom is -0.474 e. The van der Waals surface area contributed by atoms with Crippen LogP contribution in [0.25, 0.3) is 0 Å². The molecule has 2 aromatic rings. The Kier molecular flexibility index (Phi) is 9.02. The standard InChI is InChI=1S/C27H44N8O4/c1-4-11-34-18-32(3)25(28)22-26(34)35(17-30-22)27-24(37)23(36)20(39-27)16-31(2)14-15-33-12-8-19(9-13-33)38-21-7-5-6-10-29-21/h5-7,10,17,19-20,23-25,27,36-37H,4,8-9,11-16,18,28H2,1-3H3/t20-,23-,24-,25?,27?/m1/s1. The zero-order chi connectivity index (χ0) is 27.5. The summed E-state index contributed by atoms with van der Waals surface area (Å²) in [7, 11) is 4.01. The predicted molar refractivity (Wildman–Crippen MR) is 147 cm³/mol. The number of likely N-dealkylation sites (tertiary alicyclic amines) is 1. The summed E-state index contributed by atoms with van der Waals surface area (Å²) in [5, 5.41) is 21.9. The first-order valence-electron chi connectivity index (χ1n) is 14.1. The molecule has 2 aromatic heterocycles. The predicted octanol–water partition coefficient (Wildman–Crippen LogP) is 0.449. The summed E-state index contributed by atoms with van der Waals surface area (Å²) < 4.78 is 14.1. The molecule has 39 heavy (non-hydrogen) atoms. The van der Waals surface area contributed by atoms with Crippen LogP contribution < -0.4 is 15.4 Å². The van der Waals surface area contributed by atoms with Gasteiger partial charge in [-0.25, -0.2) is 9.97 Å². The van der Waals surface area contributed by atoms with Crippen LogP contribution in [-0.4, -0.2) is 124 Å². The Balaban J connectivity index is 1.13. The maximum Gasteiger partial charge on any atom is 0.213 e. The summed E-state index contributed by atoms with van der Waals surface area (Å²) in [5.74, 6) is 1.55. The Morgan fingerprint density at radius 3 is 2.67 bits per heavy atom. The van der Waals surface area contributed by atoms with Crippen LogP contribution in [0.1, 0.15) is 44.3 Å². The molecule has 12 nitrogen and oxygen atoms in total. The molecule has 12 heteroatoms. The van der Waals surface area contributed by atoms with Crippen molar-refractivity contribution in [3.63, 3.8) is 0 Å². The van der Waals surface area contributed by atoms with E-state index in [0.29, 0.717) is 19.1 Å². The largest absolute Gasteiger partial charge is 0.474 e. The Bertz CT molecular complexity index is 1050. The molecular weight excluding hydrogens is 500 g/mol. The fourth-order valence-corrected chi connectivity index (χ4v) is 5.83. The molecule has 2 saturated heterocycles. The van der Waals surface area contributed by atoms with Crippen LogP contribution in [0, 0.1) is 0 Å². The average molecular weight is 545 g/mol. The highest BCUT2D eigenvalue weighted by atomic mass is 16.6. The molecule has 2 unspecified atom stereocenters. The monoisotopic (exact) mass is 544 g/mol. The molecule has 2 fully saturated rings. The summed E-state index contributed by atoms with van der Waals surface area (Å²) in [5.41, 5.74) is 7.16. The van der Waals surface area contributed by atoms with Crippen molar-refractivity contribution in [1.82, 2.24) is 29.2 Å². The lowest BCUT2D eigenvalue weighted by Gasteiger charge is -2.39. The number of aromatic nitrogens is 3. The van der Waals surface area contributed by atoms with Gasteiger partial charge in [0, 0.05) is 51.5 Å². The van der Waals surface area contributed by atoms with Crippen LogP contribution in [0.2, 0.25) is 0 Å². The maximum atomic E-state index is 11.0. The van der Waals surface area contributed by atoms with E-state index in [0.717, 1.165) is 63.5 Å². The molecule has 5 atom stereocenters. The number of anilines is 1. The third-order valence-electron chi connectivity index (χ3n) is 8.10. The zero-order valence-corrected chi connectivity index (χ0v) is 23.3. The first-order chi connectivity index (χ1) is 18.9. The Labute approximate surface area is 230 Å². The van der Waals surface area contributed by atoms with Gasteiger partial charge in [-0.1, -0.05) is 13.0 Å². The topological polar surface area (TPSA) is 129 Å². The van der Waals surface area contributed by atoms with Crippen molar-refractivity contribution in [3.05, 3.63) is 36.4 Å². The molecule has 0 bridgehead atoms. The van der Waals surface area contributed by atoms with Crippen LogP contribution in [-0.2, 0) is 4.74 Å². The number of hydrogen-bond acceptors (Lipinski definition) is 11. The number of aliphatic hydroxyl groups is 2. The Morgan fingerprint density at radius 1 is 1.15 bits per heavy atom. The van der Waals surface area contributed by atoms with Crippen LogP contribution in [0.4, 0.5) is 5.82 Å². The van der Waals surface area contributed by atoms with E-state index in [1.807, 2.05) is 41.8 Å². The van der Waals surface area contributed by atoms with Crippen molar-refractivity contribution in [2.45, 2.75) is 63.0 Å². The number of nitrogens with two attached hydrogens (primary N) is 1. The molecule has 5 rings (SSSR count). The van der Waals surface area contributed by atoms with Crippen molar-refractivity contribution in [2.75, 3.05) is 64.9 Å². The SMILES string of the molecule is CCCN1CN(C)C(N)c2ncn(C3O[C@H](CN(C)CCN4CCC(Oc5ccccn5)CC4)[C@@H](O)[C@H]3O)c21. The lowest BCUT2D eigenvalue weighted by atomic mass is 10.1. The van der Waals surface area contributed by atoms with Gasteiger partial charge in [0.25, 0.3) is 0 Å². The number of pyridine rings is 1. The van der Waals surface area contributed by atoms with E-state index >= 15 is 0 Å². The summed E-state index contributed by atoms with van der Waals surface area (Å²) in [4.78, 5) is 17.7. The van der Waals surface area contributed by atoms with Crippen molar-refractivity contribution in [2.24, 2.45) is 5.73 Å². The van der Waals surface area contributed by atoms with Crippen LogP contribution in [0.15, 0.2) is 30.7 Å². The van der Waals surface area contributed by atoms with E-state index in [-0.39, 0.29) is 12.3 Å².